The van der Waals surface area contributed by atoms with E-state index in [1.807, 2.05) is 117 Å². The van der Waals surface area contributed by atoms with Crippen molar-refractivity contribution >= 4 is 19.4 Å². The minimum Gasteiger partial charge on any atom is -0.489 e. The average Bonchev–Trinajstić information content (AvgIpc) is 3.03. The quantitative estimate of drug-likeness (QED) is 0.118. The van der Waals surface area contributed by atoms with Gasteiger partial charge in [0.15, 0.2) is 5.52 Å². The van der Waals surface area contributed by atoms with Crippen LogP contribution in [0.25, 0.3) is 0 Å². The van der Waals surface area contributed by atoms with Gasteiger partial charge in [-0.1, -0.05) is 124 Å². The zero-order chi connectivity index (χ0) is 31.8. The van der Waals surface area contributed by atoms with Crippen LogP contribution in [-0.2, 0) is 25.2 Å². The fourth-order valence-electron chi connectivity index (χ4n) is 5.14. The normalized spacial score (nSPS) is 11.2. The van der Waals surface area contributed by atoms with Crippen LogP contribution in [0.5, 0.6) is 17.2 Å². The predicted molar refractivity (Wildman–Crippen MR) is 186 cm³/mol. The third-order valence-electron chi connectivity index (χ3n) is 7.63. The van der Waals surface area contributed by atoms with E-state index in [9.17, 15) is 4.79 Å². The topological polar surface area (TPSA) is 44.8 Å². The summed E-state index contributed by atoms with van der Waals surface area (Å²) in [5.41, 5.74) is 7.11. The third kappa shape index (κ3) is 9.37. The van der Waals surface area contributed by atoms with Crippen LogP contribution < -0.4 is 38.4 Å². The van der Waals surface area contributed by atoms with E-state index < -0.39 is 0 Å². The summed E-state index contributed by atoms with van der Waals surface area (Å²) >= 11 is 0. The molecule has 0 heterocycles. The number of carbonyl (C=O) groups excluding carboxylic acids is 1. The van der Waals surface area contributed by atoms with Crippen LogP contribution in [0.1, 0.15) is 64.5 Å². The average molecular weight is 624 g/mol. The Labute approximate surface area is 287 Å². The van der Waals surface area contributed by atoms with Gasteiger partial charge in [-0.15, -0.1) is 0 Å². The molecule has 5 aromatic carbocycles. The molecule has 1 atom stereocenters. The number of carbonyl (C=O) groups is 1. The summed E-state index contributed by atoms with van der Waals surface area (Å²) in [5.74, 6) is 1.79. The number of hydrogen-bond acceptors (Lipinski definition) is 4. The molecule has 0 saturated carbocycles. The second kappa shape index (κ2) is 16.2. The van der Waals surface area contributed by atoms with Crippen molar-refractivity contribution in [3.8, 4) is 17.2 Å². The van der Waals surface area contributed by atoms with Gasteiger partial charge in [0.25, 0.3) is 0 Å². The molecule has 0 spiro atoms. The Morgan fingerprint density at radius 3 is 1.39 bits per heavy atom. The monoisotopic (exact) mass is 623 g/mol. The van der Waals surface area contributed by atoms with Gasteiger partial charge in [0.05, 0.1) is 5.30 Å². The van der Waals surface area contributed by atoms with Gasteiger partial charge in [0, 0.05) is 17.7 Å². The van der Waals surface area contributed by atoms with Crippen molar-refractivity contribution in [2.45, 2.75) is 59.9 Å². The van der Waals surface area contributed by atoms with Crippen molar-refractivity contribution in [2.75, 3.05) is 0 Å². The summed E-state index contributed by atoms with van der Waals surface area (Å²) in [6.07, 6.45) is 0. The fourth-order valence-corrected chi connectivity index (χ4v) is 6.42. The van der Waals surface area contributed by atoms with E-state index in [1.54, 1.807) is 0 Å². The van der Waals surface area contributed by atoms with Crippen LogP contribution >= 0.6 is 8.58 Å². The second-order valence-corrected chi connectivity index (χ2v) is 13.5. The standard InChI is InChI=1S/C40H41O4P.Li/c1-28-21-33(40(3,4)5)22-29(2)37(28)39(41)45-38-35(43-26-31-17-11-7-12-18-31)23-34(42-25-30-15-9-6-10-16-30)24-36(38)44-27-32-19-13-8-14-20-32;/h6-24,45H,25-27H2,1-5H3;/q;+1. The van der Waals surface area contributed by atoms with Crippen molar-refractivity contribution in [3.05, 3.63) is 154 Å². The smallest absolute Gasteiger partial charge is 0.489 e. The zero-order valence-corrected chi connectivity index (χ0v) is 28.7. The first-order chi connectivity index (χ1) is 21.7. The van der Waals surface area contributed by atoms with Gasteiger partial charge >= 0.3 is 18.9 Å². The summed E-state index contributed by atoms with van der Waals surface area (Å²) in [6.45, 7) is 11.7. The van der Waals surface area contributed by atoms with E-state index in [1.165, 1.54) is 5.56 Å². The van der Waals surface area contributed by atoms with E-state index in [4.69, 9.17) is 14.2 Å². The minimum absolute atomic E-state index is 0. The van der Waals surface area contributed by atoms with Gasteiger partial charge in [-0.25, -0.2) is 0 Å². The predicted octanol–water partition coefficient (Wildman–Crippen LogP) is 6.49. The molecule has 0 radical (unpaired) electrons. The molecule has 5 rings (SSSR count). The van der Waals surface area contributed by atoms with Gasteiger partial charge in [-0.2, -0.15) is 0 Å². The van der Waals surface area contributed by atoms with E-state index >= 15 is 0 Å². The molecule has 0 saturated heterocycles. The number of benzene rings is 5. The Hall–Kier alpha value is -3.80. The van der Waals surface area contributed by atoms with Crippen molar-refractivity contribution < 1.29 is 37.9 Å². The molecular formula is C40H41LiO4P+. The number of hydrogen-bond donors (Lipinski definition) is 0. The summed E-state index contributed by atoms with van der Waals surface area (Å²) < 4.78 is 19.2. The summed E-state index contributed by atoms with van der Waals surface area (Å²) in [7, 11) is -0.209. The molecule has 5 aromatic rings. The summed E-state index contributed by atoms with van der Waals surface area (Å²) in [5, 5.41) is 0.734. The summed E-state index contributed by atoms with van der Waals surface area (Å²) in [6, 6.07) is 38.1. The van der Waals surface area contributed by atoms with Crippen LogP contribution in [0.2, 0.25) is 0 Å². The first-order valence-corrected chi connectivity index (χ1v) is 16.3. The van der Waals surface area contributed by atoms with Crippen LogP contribution in [-0.4, -0.2) is 5.52 Å². The van der Waals surface area contributed by atoms with Gasteiger partial charge in [-0.3, -0.25) is 4.79 Å². The Balaban J connectivity index is 0.00000480. The van der Waals surface area contributed by atoms with Crippen molar-refractivity contribution in [1.29, 1.82) is 0 Å². The van der Waals surface area contributed by atoms with Crippen molar-refractivity contribution in [2.24, 2.45) is 0 Å². The first-order valence-electron chi connectivity index (χ1n) is 15.3. The molecule has 0 fully saturated rings. The number of ether oxygens (including phenoxy) is 3. The van der Waals surface area contributed by atoms with Gasteiger partial charge in [0.2, 0.25) is 0 Å². The maximum Gasteiger partial charge on any atom is 1.00 e. The molecular weight excluding hydrogens is 582 g/mol. The third-order valence-corrected chi connectivity index (χ3v) is 8.85. The maximum absolute atomic E-state index is 14.1. The van der Waals surface area contributed by atoms with E-state index in [2.05, 4.69) is 32.9 Å². The molecule has 230 valence electrons. The molecule has 0 aliphatic carbocycles. The van der Waals surface area contributed by atoms with Gasteiger partial charge < -0.3 is 14.2 Å². The van der Waals surface area contributed by atoms with Gasteiger partial charge in [0.1, 0.15) is 37.1 Å². The Kier molecular flexibility index (Phi) is 12.3. The molecule has 0 aromatic heterocycles. The maximum atomic E-state index is 14.1. The molecule has 0 N–H and O–H groups in total. The summed E-state index contributed by atoms with van der Waals surface area (Å²) in [4.78, 5) is 14.1. The molecule has 6 heteroatoms. The van der Waals surface area contributed by atoms with Crippen molar-refractivity contribution in [1.82, 2.24) is 0 Å². The molecule has 0 aliphatic rings. The molecule has 0 bridgehead atoms. The number of rotatable bonds is 12. The molecule has 0 aliphatic heterocycles. The van der Waals surface area contributed by atoms with Crippen molar-refractivity contribution in [3.63, 3.8) is 0 Å². The van der Waals surface area contributed by atoms with Crippen LogP contribution in [0, 0.1) is 13.8 Å². The minimum atomic E-state index is -0.209. The number of aryl methyl sites for hydroxylation is 2. The van der Waals surface area contributed by atoms with E-state index in [-0.39, 0.29) is 38.4 Å². The second-order valence-electron chi connectivity index (χ2n) is 12.3. The van der Waals surface area contributed by atoms with E-state index in [0.717, 1.165) is 38.7 Å². The van der Waals surface area contributed by atoms with Crippen LogP contribution in [0.15, 0.2) is 115 Å². The first kappa shape index (κ1) is 35.1. The zero-order valence-electron chi connectivity index (χ0n) is 27.7. The SMILES string of the molecule is Cc1cc(C(C)(C)C)cc(C)c1C(=O)Pc1c(OCc2ccccc2)cc(OCc2ccccc2)cc1OCc1ccccc1.[Li+]. The van der Waals surface area contributed by atoms with Crippen LogP contribution in [0.4, 0.5) is 0 Å². The largest absolute Gasteiger partial charge is 1.00 e. The van der Waals surface area contributed by atoms with E-state index in [0.29, 0.717) is 37.1 Å². The Morgan fingerprint density at radius 1 is 0.609 bits per heavy atom. The fraction of sp³-hybridized carbons (Fsp3) is 0.225. The molecule has 1 unspecified atom stereocenters. The Bertz CT molecular complexity index is 1650. The van der Waals surface area contributed by atoms with Crippen LogP contribution in [0.3, 0.4) is 0 Å². The molecule has 0 amide bonds. The molecule has 46 heavy (non-hydrogen) atoms. The van der Waals surface area contributed by atoms with Gasteiger partial charge in [-0.05, 0) is 61.2 Å². The molecule has 4 nitrogen and oxygen atoms in total. The Morgan fingerprint density at radius 2 is 1.00 bits per heavy atom.